The number of rotatable bonds is 8. The number of nitrogens with zero attached hydrogens (tertiary/aromatic N) is 5. The van der Waals surface area contributed by atoms with E-state index in [4.69, 9.17) is 25.2 Å². The van der Waals surface area contributed by atoms with E-state index in [0.717, 1.165) is 68.6 Å². The van der Waals surface area contributed by atoms with Gasteiger partial charge in [-0.3, -0.25) is 0 Å². The average molecular weight is 468 g/mol. The van der Waals surface area contributed by atoms with Gasteiger partial charge in [0, 0.05) is 38.8 Å². The van der Waals surface area contributed by atoms with Gasteiger partial charge in [-0.2, -0.15) is 0 Å². The third-order valence-electron chi connectivity index (χ3n) is 6.31. The van der Waals surface area contributed by atoms with Crippen LogP contribution in [-0.2, 0) is 4.74 Å². The summed E-state index contributed by atoms with van der Waals surface area (Å²) in [5.74, 6) is 3.12. The van der Waals surface area contributed by atoms with Crippen LogP contribution in [0.5, 0.6) is 5.75 Å². The molecule has 0 amide bonds. The van der Waals surface area contributed by atoms with Gasteiger partial charge >= 0.3 is 0 Å². The molecule has 9 nitrogen and oxygen atoms in total. The van der Waals surface area contributed by atoms with Crippen LogP contribution >= 0.6 is 0 Å². The maximum absolute atomic E-state index is 6.75. The molecule has 4 rings (SSSR count). The summed E-state index contributed by atoms with van der Waals surface area (Å²) < 4.78 is 10.8. The number of hydrogen-bond acceptors (Lipinski definition) is 9. The molecular formula is C25H37N7O2. The molecule has 2 fully saturated rings. The van der Waals surface area contributed by atoms with Gasteiger partial charge in [-0.1, -0.05) is 18.2 Å². The number of hydrogen-bond donors (Lipinski definition) is 2. The second kappa shape index (κ2) is 11.5. The van der Waals surface area contributed by atoms with Gasteiger partial charge in [-0.15, -0.1) is 0 Å². The van der Waals surface area contributed by atoms with Gasteiger partial charge in [0.1, 0.15) is 11.4 Å². The Morgan fingerprint density at radius 1 is 1.12 bits per heavy atom. The minimum atomic E-state index is 0.323. The predicted octanol–water partition coefficient (Wildman–Crippen LogP) is 1.80. The van der Waals surface area contributed by atoms with Crippen LogP contribution in [0.4, 0.5) is 17.3 Å². The SMILES string of the molecule is COc1ccc(C=Cc2nc(N3CCOCC3)c(N)c(N3CCNCC3CCN(C)C)n2)cc1. The number of anilines is 3. The Labute approximate surface area is 202 Å². The van der Waals surface area contributed by atoms with Crippen LogP contribution in [-0.4, -0.2) is 94.6 Å². The Morgan fingerprint density at radius 3 is 2.56 bits per heavy atom. The molecule has 0 bridgehead atoms. The van der Waals surface area contributed by atoms with Crippen molar-refractivity contribution in [2.45, 2.75) is 12.5 Å². The third-order valence-corrected chi connectivity index (χ3v) is 6.31. The molecule has 0 spiro atoms. The molecule has 0 radical (unpaired) electrons. The number of aromatic nitrogens is 2. The highest BCUT2D eigenvalue weighted by atomic mass is 16.5. The molecule has 0 saturated carbocycles. The van der Waals surface area contributed by atoms with E-state index in [1.807, 2.05) is 36.4 Å². The van der Waals surface area contributed by atoms with Gasteiger partial charge in [0.2, 0.25) is 0 Å². The largest absolute Gasteiger partial charge is 0.497 e. The number of nitrogen functional groups attached to an aromatic ring is 1. The highest BCUT2D eigenvalue weighted by Gasteiger charge is 2.28. The summed E-state index contributed by atoms with van der Waals surface area (Å²) >= 11 is 0. The molecule has 2 aromatic rings. The van der Waals surface area contributed by atoms with E-state index >= 15 is 0 Å². The van der Waals surface area contributed by atoms with Gasteiger partial charge in [-0.25, -0.2) is 9.97 Å². The van der Waals surface area contributed by atoms with Crippen molar-refractivity contribution in [3.05, 3.63) is 35.7 Å². The van der Waals surface area contributed by atoms with E-state index in [-0.39, 0.29) is 0 Å². The number of nitrogens with two attached hydrogens (primary N) is 1. The number of ether oxygens (including phenoxy) is 2. The molecule has 9 heteroatoms. The van der Waals surface area contributed by atoms with Crippen molar-refractivity contribution >= 4 is 29.5 Å². The highest BCUT2D eigenvalue weighted by Crippen LogP contribution is 2.33. The Kier molecular flexibility index (Phi) is 8.21. The van der Waals surface area contributed by atoms with Crippen molar-refractivity contribution in [1.29, 1.82) is 0 Å². The molecule has 1 aromatic carbocycles. The molecule has 1 atom stereocenters. The summed E-state index contributed by atoms with van der Waals surface area (Å²) in [6.45, 7) is 6.59. The van der Waals surface area contributed by atoms with Crippen LogP contribution in [0.2, 0.25) is 0 Å². The van der Waals surface area contributed by atoms with E-state index < -0.39 is 0 Å². The molecule has 2 aliphatic heterocycles. The summed E-state index contributed by atoms with van der Waals surface area (Å²) in [5, 5.41) is 3.53. The zero-order valence-corrected chi connectivity index (χ0v) is 20.5. The Morgan fingerprint density at radius 2 is 1.85 bits per heavy atom. The monoisotopic (exact) mass is 467 g/mol. The molecule has 1 aromatic heterocycles. The minimum absolute atomic E-state index is 0.323. The highest BCUT2D eigenvalue weighted by molar-refractivity contribution is 5.79. The van der Waals surface area contributed by atoms with Crippen LogP contribution in [0, 0.1) is 0 Å². The number of benzene rings is 1. The number of piperazine rings is 1. The smallest absolute Gasteiger partial charge is 0.158 e. The zero-order chi connectivity index (χ0) is 23.9. The van der Waals surface area contributed by atoms with Crippen LogP contribution < -0.4 is 25.6 Å². The molecule has 3 N–H and O–H groups in total. The average Bonchev–Trinajstić information content (AvgIpc) is 2.88. The maximum Gasteiger partial charge on any atom is 0.158 e. The lowest BCUT2D eigenvalue weighted by Gasteiger charge is -2.39. The summed E-state index contributed by atoms with van der Waals surface area (Å²) in [5.41, 5.74) is 8.46. The van der Waals surface area contributed by atoms with Gasteiger partial charge in [0.25, 0.3) is 0 Å². The molecule has 0 aliphatic carbocycles. The molecule has 34 heavy (non-hydrogen) atoms. The maximum atomic E-state index is 6.75. The van der Waals surface area contributed by atoms with E-state index in [9.17, 15) is 0 Å². The topological polar surface area (TPSA) is 92.0 Å². The molecule has 3 heterocycles. The van der Waals surface area contributed by atoms with Crippen molar-refractivity contribution < 1.29 is 9.47 Å². The summed E-state index contributed by atoms with van der Waals surface area (Å²) in [4.78, 5) is 16.6. The van der Waals surface area contributed by atoms with E-state index in [1.54, 1.807) is 7.11 Å². The summed E-state index contributed by atoms with van der Waals surface area (Å²) in [6, 6.07) is 8.26. The molecule has 1 unspecified atom stereocenters. The first-order valence-electron chi connectivity index (χ1n) is 12.0. The normalized spacial score (nSPS) is 19.2. The molecule has 2 saturated heterocycles. The van der Waals surface area contributed by atoms with Gasteiger partial charge < -0.3 is 35.2 Å². The van der Waals surface area contributed by atoms with Crippen LogP contribution in [0.1, 0.15) is 17.8 Å². The molecule has 184 valence electrons. The van der Waals surface area contributed by atoms with Crippen molar-refractivity contribution in [1.82, 2.24) is 20.2 Å². The fraction of sp³-hybridized carbons (Fsp3) is 0.520. The quantitative estimate of drug-likeness (QED) is 0.603. The first-order chi connectivity index (χ1) is 16.5. The minimum Gasteiger partial charge on any atom is -0.497 e. The predicted molar refractivity (Wildman–Crippen MR) is 139 cm³/mol. The lowest BCUT2D eigenvalue weighted by molar-refractivity contribution is 0.122. The Hall–Kier alpha value is -2.88. The molecule has 2 aliphatic rings. The first kappa shape index (κ1) is 24.3. The Balaban J connectivity index is 1.68. The van der Waals surface area contributed by atoms with Gasteiger partial charge in [0.05, 0.1) is 20.3 Å². The van der Waals surface area contributed by atoms with Crippen LogP contribution in [0.3, 0.4) is 0 Å². The lowest BCUT2D eigenvalue weighted by Crippen LogP contribution is -2.53. The summed E-state index contributed by atoms with van der Waals surface area (Å²) in [6.07, 6.45) is 5.03. The second-order valence-corrected chi connectivity index (χ2v) is 8.99. The zero-order valence-electron chi connectivity index (χ0n) is 20.5. The van der Waals surface area contributed by atoms with Crippen molar-refractivity contribution in [3.8, 4) is 5.75 Å². The van der Waals surface area contributed by atoms with Crippen molar-refractivity contribution in [2.24, 2.45) is 0 Å². The van der Waals surface area contributed by atoms with E-state index in [1.165, 1.54) is 0 Å². The van der Waals surface area contributed by atoms with Gasteiger partial charge in [0.15, 0.2) is 17.5 Å². The third kappa shape index (κ3) is 5.97. The Bertz CT molecular complexity index is 958. The lowest BCUT2D eigenvalue weighted by atomic mass is 10.1. The summed E-state index contributed by atoms with van der Waals surface area (Å²) in [7, 11) is 5.89. The van der Waals surface area contributed by atoms with Crippen LogP contribution in [0.25, 0.3) is 12.2 Å². The first-order valence-corrected chi connectivity index (χ1v) is 12.0. The van der Waals surface area contributed by atoms with Crippen molar-refractivity contribution in [2.75, 3.05) is 89.2 Å². The van der Waals surface area contributed by atoms with Crippen LogP contribution in [0.15, 0.2) is 24.3 Å². The second-order valence-electron chi connectivity index (χ2n) is 8.99. The van der Waals surface area contributed by atoms with Gasteiger partial charge in [-0.05, 0) is 50.8 Å². The fourth-order valence-electron chi connectivity index (χ4n) is 4.36. The standard InChI is InChI=1S/C25H37N7O2/c1-30(2)12-10-20-18-27-11-13-32(20)25-23(26)24(31-14-16-34-17-15-31)28-22(29-25)9-6-19-4-7-21(33-3)8-5-19/h4-9,20,27H,10-18,26H2,1-3H3. The number of nitrogens with one attached hydrogen (secondary N) is 1. The molecular weight excluding hydrogens is 430 g/mol. The fourth-order valence-corrected chi connectivity index (χ4v) is 4.36. The van der Waals surface area contributed by atoms with E-state index in [0.29, 0.717) is 30.8 Å². The van der Waals surface area contributed by atoms with Crippen molar-refractivity contribution in [3.63, 3.8) is 0 Å². The number of methoxy groups -OCH3 is 1. The number of morpholine rings is 1. The van der Waals surface area contributed by atoms with E-state index in [2.05, 4.69) is 34.1 Å².